The van der Waals surface area contributed by atoms with Gasteiger partial charge in [0.2, 0.25) is 0 Å². The molecule has 0 saturated heterocycles. The highest BCUT2D eigenvalue weighted by molar-refractivity contribution is 5.86. The lowest BCUT2D eigenvalue weighted by Gasteiger charge is -2.29. The molecule has 1 fully saturated rings. The summed E-state index contributed by atoms with van der Waals surface area (Å²) in [5.74, 6) is 0. The van der Waals surface area contributed by atoms with Crippen molar-refractivity contribution in [2.45, 2.75) is 37.4 Å². The molecule has 2 aromatic carbocycles. The van der Waals surface area contributed by atoms with Crippen LogP contribution in [0, 0.1) is 0 Å². The SMILES string of the molecule is OC(c1cccc2ccccc12)C1(O)CCCC1. The molecule has 94 valence electrons. The maximum Gasteiger partial charge on any atom is 0.108 e. The van der Waals surface area contributed by atoms with Gasteiger partial charge in [-0.05, 0) is 29.2 Å². The van der Waals surface area contributed by atoms with Gasteiger partial charge in [-0.2, -0.15) is 0 Å². The first-order chi connectivity index (χ1) is 8.71. The van der Waals surface area contributed by atoms with Gasteiger partial charge in [-0.25, -0.2) is 0 Å². The molecule has 0 aliphatic heterocycles. The van der Waals surface area contributed by atoms with Crippen LogP contribution in [0.4, 0.5) is 0 Å². The summed E-state index contributed by atoms with van der Waals surface area (Å²) in [6.07, 6.45) is 2.59. The topological polar surface area (TPSA) is 40.5 Å². The Balaban J connectivity index is 2.08. The molecule has 0 radical (unpaired) electrons. The van der Waals surface area contributed by atoms with E-state index in [-0.39, 0.29) is 0 Å². The summed E-state index contributed by atoms with van der Waals surface area (Å²) in [6, 6.07) is 13.9. The minimum atomic E-state index is -0.940. The van der Waals surface area contributed by atoms with Crippen molar-refractivity contribution in [2.75, 3.05) is 0 Å². The number of aliphatic hydroxyl groups excluding tert-OH is 1. The molecule has 1 unspecified atom stereocenters. The summed E-state index contributed by atoms with van der Waals surface area (Å²) in [7, 11) is 0. The zero-order valence-electron chi connectivity index (χ0n) is 10.3. The summed E-state index contributed by atoms with van der Waals surface area (Å²) in [5.41, 5.74) is -0.0954. The molecule has 0 spiro atoms. The van der Waals surface area contributed by atoms with Gasteiger partial charge in [-0.1, -0.05) is 55.3 Å². The van der Waals surface area contributed by atoms with E-state index in [1.165, 1.54) is 0 Å². The number of rotatable bonds is 2. The van der Waals surface area contributed by atoms with Crippen LogP contribution in [0.2, 0.25) is 0 Å². The monoisotopic (exact) mass is 242 g/mol. The van der Waals surface area contributed by atoms with Crippen molar-refractivity contribution in [2.24, 2.45) is 0 Å². The molecule has 3 rings (SSSR count). The molecular weight excluding hydrogens is 224 g/mol. The Morgan fingerprint density at radius 2 is 1.61 bits per heavy atom. The third-order valence-corrected chi connectivity index (χ3v) is 4.10. The van der Waals surface area contributed by atoms with Crippen LogP contribution in [0.1, 0.15) is 37.4 Å². The van der Waals surface area contributed by atoms with Crippen LogP contribution in [0.3, 0.4) is 0 Å². The van der Waals surface area contributed by atoms with Crippen molar-refractivity contribution in [3.63, 3.8) is 0 Å². The van der Waals surface area contributed by atoms with Gasteiger partial charge in [-0.3, -0.25) is 0 Å². The summed E-state index contributed by atoms with van der Waals surface area (Å²) in [4.78, 5) is 0. The largest absolute Gasteiger partial charge is 0.387 e. The number of benzene rings is 2. The zero-order chi connectivity index (χ0) is 12.6. The standard InChI is InChI=1S/C16H18O2/c17-15(16(18)10-3-4-11-16)14-9-5-7-12-6-1-2-8-13(12)14/h1-2,5-9,15,17-18H,3-4,10-11H2. The lowest BCUT2D eigenvalue weighted by atomic mass is 9.87. The maximum absolute atomic E-state index is 10.5. The van der Waals surface area contributed by atoms with E-state index >= 15 is 0 Å². The van der Waals surface area contributed by atoms with E-state index in [0.29, 0.717) is 12.8 Å². The zero-order valence-corrected chi connectivity index (χ0v) is 10.3. The second-order valence-electron chi connectivity index (χ2n) is 5.28. The smallest absolute Gasteiger partial charge is 0.108 e. The summed E-state index contributed by atoms with van der Waals surface area (Å²) in [6.45, 7) is 0. The van der Waals surface area contributed by atoms with Crippen LogP contribution < -0.4 is 0 Å². The fourth-order valence-electron chi connectivity index (χ4n) is 3.04. The fourth-order valence-corrected chi connectivity index (χ4v) is 3.04. The average molecular weight is 242 g/mol. The van der Waals surface area contributed by atoms with Crippen molar-refractivity contribution < 1.29 is 10.2 Å². The Hall–Kier alpha value is -1.38. The van der Waals surface area contributed by atoms with E-state index in [2.05, 4.69) is 0 Å². The van der Waals surface area contributed by atoms with Gasteiger partial charge < -0.3 is 10.2 Å². The van der Waals surface area contributed by atoms with Crippen LogP contribution in [-0.2, 0) is 0 Å². The molecule has 1 aliphatic carbocycles. The Kier molecular flexibility index (Phi) is 2.84. The van der Waals surface area contributed by atoms with E-state index in [0.717, 1.165) is 29.2 Å². The molecule has 1 saturated carbocycles. The van der Waals surface area contributed by atoms with Crippen molar-refractivity contribution in [3.8, 4) is 0 Å². The predicted molar refractivity (Wildman–Crippen MR) is 72.3 cm³/mol. The van der Waals surface area contributed by atoms with Crippen molar-refractivity contribution in [3.05, 3.63) is 48.0 Å². The van der Waals surface area contributed by atoms with Crippen molar-refractivity contribution >= 4 is 10.8 Å². The third kappa shape index (κ3) is 1.82. The number of fused-ring (bicyclic) bond motifs is 1. The normalized spacial score (nSPS) is 20.1. The first-order valence-electron chi connectivity index (χ1n) is 6.59. The van der Waals surface area contributed by atoms with Gasteiger partial charge in [0, 0.05) is 0 Å². The van der Waals surface area contributed by atoms with Crippen molar-refractivity contribution in [1.29, 1.82) is 0 Å². The minimum Gasteiger partial charge on any atom is -0.387 e. The van der Waals surface area contributed by atoms with Crippen molar-refractivity contribution in [1.82, 2.24) is 0 Å². The highest BCUT2D eigenvalue weighted by atomic mass is 16.3. The van der Waals surface area contributed by atoms with Gasteiger partial charge >= 0.3 is 0 Å². The lowest BCUT2D eigenvalue weighted by molar-refractivity contribution is -0.0712. The van der Waals surface area contributed by atoms with Gasteiger partial charge in [0.15, 0.2) is 0 Å². The van der Waals surface area contributed by atoms with E-state index in [1.54, 1.807) is 0 Å². The molecule has 18 heavy (non-hydrogen) atoms. The van der Waals surface area contributed by atoms with Gasteiger partial charge in [0.1, 0.15) is 6.10 Å². The Bertz CT molecular complexity index is 551. The van der Waals surface area contributed by atoms with Gasteiger partial charge in [0.05, 0.1) is 5.60 Å². The lowest BCUT2D eigenvalue weighted by Crippen LogP contribution is -2.32. The molecular formula is C16H18O2. The Labute approximate surface area is 107 Å². The molecule has 0 bridgehead atoms. The van der Waals surface area contributed by atoms with E-state index in [4.69, 9.17) is 0 Å². The molecule has 2 N–H and O–H groups in total. The van der Waals surface area contributed by atoms with Crippen LogP contribution >= 0.6 is 0 Å². The van der Waals surface area contributed by atoms with Crippen LogP contribution in [0.25, 0.3) is 10.8 Å². The van der Waals surface area contributed by atoms with Crippen LogP contribution in [0.15, 0.2) is 42.5 Å². The fraction of sp³-hybridized carbons (Fsp3) is 0.375. The second kappa shape index (κ2) is 4.38. The van der Waals surface area contributed by atoms with E-state index in [9.17, 15) is 10.2 Å². The third-order valence-electron chi connectivity index (χ3n) is 4.10. The van der Waals surface area contributed by atoms with E-state index in [1.807, 2.05) is 42.5 Å². The second-order valence-corrected chi connectivity index (χ2v) is 5.28. The Morgan fingerprint density at radius 3 is 2.39 bits per heavy atom. The van der Waals surface area contributed by atoms with Crippen LogP contribution in [0.5, 0.6) is 0 Å². The molecule has 1 aliphatic rings. The number of aliphatic hydroxyl groups is 2. The summed E-state index contributed by atoms with van der Waals surface area (Å²) in [5, 5.41) is 23.2. The number of hydrogen-bond donors (Lipinski definition) is 2. The minimum absolute atomic E-state index is 0.692. The molecule has 2 heteroatoms. The highest BCUT2D eigenvalue weighted by Crippen LogP contribution is 2.41. The first kappa shape index (κ1) is 11.7. The van der Waals surface area contributed by atoms with Gasteiger partial charge in [0.25, 0.3) is 0 Å². The molecule has 0 amide bonds. The van der Waals surface area contributed by atoms with E-state index < -0.39 is 11.7 Å². The van der Waals surface area contributed by atoms with Gasteiger partial charge in [-0.15, -0.1) is 0 Å². The molecule has 0 aromatic heterocycles. The molecule has 0 heterocycles. The molecule has 2 aromatic rings. The highest BCUT2D eigenvalue weighted by Gasteiger charge is 2.39. The summed E-state index contributed by atoms with van der Waals surface area (Å²) >= 11 is 0. The number of hydrogen-bond acceptors (Lipinski definition) is 2. The predicted octanol–water partition coefficient (Wildman–Crippen LogP) is 3.18. The quantitative estimate of drug-likeness (QED) is 0.849. The van der Waals surface area contributed by atoms with Crippen LogP contribution in [-0.4, -0.2) is 15.8 Å². The first-order valence-corrected chi connectivity index (χ1v) is 6.59. The molecule has 2 nitrogen and oxygen atoms in total. The Morgan fingerprint density at radius 1 is 0.944 bits per heavy atom. The maximum atomic E-state index is 10.5. The average Bonchev–Trinajstić information content (AvgIpc) is 2.85. The molecule has 1 atom stereocenters. The summed E-state index contributed by atoms with van der Waals surface area (Å²) < 4.78 is 0.